The van der Waals surface area contributed by atoms with Crippen LogP contribution in [-0.4, -0.2) is 31.3 Å². The van der Waals surface area contributed by atoms with Gasteiger partial charge in [0.1, 0.15) is 6.10 Å². The molecule has 1 aromatic carbocycles. The van der Waals surface area contributed by atoms with Crippen molar-refractivity contribution in [3.63, 3.8) is 0 Å². The lowest BCUT2D eigenvalue weighted by molar-refractivity contribution is -0.126. The number of nitrogens with one attached hydrogen (secondary N) is 1. The lowest BCUT2D eigenvalue weighted by Gasteiger charge is -2.13. The van der Waals surface area contributed by atoms with Crippen molar-refractivity contribution in [2.24, 2.45) is 5.73 Å². The lowest BCUT2D eigenvalue weighted by Crippen LogP contribution is -2.29. The van der Waals surface area contributed by atoms with Crippen LogP contribution in [0.3, 0.4) is 0 Å². The van der Waals surface area contributed by atoms with Gasteiger partial charge in [0.25, 0.3) is 5.91 Å². The number of amides is 1. The number of hydrogen-bond acceptors (Lipinski definition) is 4. The molecule has 1 fully saturated rings. The first-order valence-electron chi connectivity index (χ1n) is 7.06. The summed E-state index contributed by atoms with van der Waals surface area (Å²) in [5.41, 5.74) is 7.40. The Morgan fingerprint density at radius 1 is 1.40 bits per heavy atom. The summed E-state index contributed by atoms with van der Waals surface area (Å²) in [6.07, 6.45) is 1.21. The molecule has 3 N–H and O–H groups in total. The van der Waals surface area contributed by atoms with E-state index in [0.29, 0.717) is 19.8 Å². The maximum Gasteiger partial charge on any atom is 0.253 e. The molecule has 1 aromatic rings. The first-order chi connectivity index (χ1) is 9.72. The van der Waals surface area contributed by atoms with E-state index < -0.39 is 0 Å². The summed E-state index contributed by atoms with van der Waals surface area (Å²) < 4.78 is 10.9. The van der Waals surface area contributed by atoms with Gasteiger partial charge in [0.15, 0.2) is 0 Å². The number of hydrogen-bond donors (Lipinski definition) is 2. The van der Waals surface area contributed by atoms with E-state index in [2.05, 4.69) is 5.32 Å². The summed E-state index contributed by atoms with van der Waals surface area (Å²) in [6, 6.07) is 7.65. The molecule has 0 spiro atoms. The second-order valence-electron chi connectivity index (χ2n) is 4.88. The Balaban J connectivity index is 1.85. The molecule has 5 heteroatoms. The number of ether oxygens (including phenoxy) is 2. The molecule has 1 amide bonds. The van der Waals surface area contributed by atoms with Gasteiger partial charge < -0.3 is 20.5 Å². The Morgan fingerprint density at radius 2 is 2.15 bits per heavy atom. The molecule has 20 heavy (non-hydrogen) atoms. The third-order valence-electron chi connectivity index (χ3n) is 3.36. The van der Waals surface area contributed by atoms with Crippen LogP contribution in [0.25, 0.3) is 0 Å². The highest BCUT2D eigenvalue weighted by Crippen LogP contribution is 2.20. The van der Waals surface area contributed by atoms with E-state index in [1.54, 1.807) is 0 Å². The summed E-state index contributed by atoms with van der Waals surface area (Å²) in [4.78, 5) is 12.0. The predicted octanol–water partition coefficient (Wildman–Crippen LogP) is 1.67. The fraction of sp³-hybridized carbons (Fsp3) is 0.533. The molecule has 110 valence electrons. The molecule has 2 atom stereocenters. The summed E-state index contributed by atoms with van der Waals surface area (Å²) in [5, 5.41) is 2.87. The summed E-state index contributed by atoms with van der Waals surface area (Å²) in [6.45, 7) is 3.72. The third-order valence-corrected chi connectivity index (χ3v) is 3.36. The Kier molecular flexibility index (Phi) is 5.52. The van der Waals surface area contributed by atoms with Crippen molar-refractivity contribution >= 4 is 11.6 Å². The minimum absolute atomic E-state index is 0.0133. The second-order valence-corrected chi connectivity index (χ2v) is 4.88. The van der Waals surface area contributed by atoms with Crippen LogP contribution in [0.4, 0.5) is 5.69 Å². The molecule has 1 aliphatic heterocycles. The standard InChI is InChI=1S/C15H22N2O3/c1-2-19-10-11-3-5-12(6-4-11)17-15(18)14-8-7-13(9-16)20-14/h3-6,13-14H,2,7-10,16H2,1H3,(H,17,18)/t13-,14+/m1/s1. The van der Waals surface area contributed by atoms with E-state index in [0.717, 1.165) is 24.1 Å². The van der Waals surface area contributed by atoms with Crippen molar-refractivity contribution in [3.8, 4) is 0 Å². The molecule has 2 rings (SSSR count). The van der Waals surface area contributed by atoms with E-state index in [-0.39, 0.29) is 18.1 Å². The van der Waals surface area contributed by atoms with Gasteiger partial charge in [0, 0.05) is 18.8 Å². The highest BCUT2D eigenvalue weighted by molar-refractivity contribution is 5.94. The fourth-order valence-corrected chi connectivity index (χ4v) is 2.20. The number of carbonyl (C=O) groups is 1. The Bertz CT molecular complexity index is 433. The van der Waals surface area contributed by atoms with Gasteiger partial charge >= 0.3 is 0 Å². The molecule has 0 saturated carbocycles. The predicted molar refractivity (Wildman–Crippen MR) is 77.4 cm³/mol. The van der Waals surface area contributed by atoms with Crippen molar-refractivity contribution in [2.45, 2.75) is 38.6 Å². The first kappa shape index (κ1) is 15.0. The highest BCUT2D eigenvalue weighted by Gasteiger charge is 2.29. The van der Waals surface area contributed by atoms with Gasteiger partial charge in [-0.25, -0.2) is 0 Å². The maximum absolute atomic E-state index is 12.0. The molecule has 0 aliphatic carbocycles. The molecule has 0 aromatic heterocycles. The van der Waals surface area contributed by atoms with Crippen LogP contribution in [0.5, 0.6) is 0 Å². The van der Waals surface area contributed by atoms with Crippen molar-refractivity contribution in [2.75, 3.05) is 18.5 Å². The number of anilines is 1. The molecule has 1 saturated heterocycles. The topological polar surface area (TPSA) is 73.6 Å². The number of carbonyl (C=O) groups excluding carboxylic acids is 1. The Labute approximate surface area is 119 Å². The van der Waals surface area contributed by atoms with E-state index in [4.69, 9.17) is 15.2 Å². The first-order valence-corrected chi connectivity index (χ1v) is 7.06. The number of rotatable bonds is 6. The van der Waals surface area contributed by atoms with Gasteiger partial charge in [-0.3, -0.25) is 4.79 Å². The van der Waals surface area contributed by atoms with E-state index >= 15 is 0 Å². The van der Waals surface area contributed by atoms with Crippen molar-refractivity contribution in [1.82, 2.24) is 0 Å². The van der Waals surface area contributed by atoms with Crippen LogP contribution < -0.4 is 11.1 Å². The quantitative estimate of drug-likeness (QED) is 0.830. The molecule has 5 nitrogen and oxygen atoms in total. The lowest BCUT2D eigenvalue weighted by atomic mass is 10.1. The summed E-state index contributed by atoms with van der Waals surface area (Å²) in [7, 11) is 0. The van der Waals surface area contributed by atoms with Gasteiger partial charge in [-0.2, -0.15) is 0 Å². The molecule has 0 bridgehead atoms. The van der Waals surface area contributed by atoms with Gasteiger partial charge in [-0.15, -0.1) is 0 Å². The molecule has 1 aliphatic rings. The van der Waals surface area contributed by atoms with Crippen LogP contribution in [0.15, 0.2) is 24.3 Å². The van der Waals surface area contributed by atoms with Gasteiger partial charge in [0.2, 0.25) is 0 Å². The van der Waals surface area contributed by atoms with Crippen LogP contribution in [0, 0.1) is 0 Å². The molecular formula is C15H22N2O3. The largest absolute Gasteiger partial charge is 0.377 e. The average Bonchev–Trinajstić information content (AvgIpc) is 2.95. The van der Waals surface area contributed by atoms with Crippen molar-refractivity contribution in [3.05, 3.63) is 29.8 Å². The van der Waals surface area contributed by atoms with Crippen LogP contribution in [-0.2, 0) is 20.9 Å². The van der Waals surface area contributed by atoms with Crippen LogP contribution >= 0.6 is 0 Å². The van der Waals surface area contributed by atoms with Crippen molar-refractivity contribution < 1.29 is 14.3 Å². The SMILES string of the molecule is CCOCc1ccc(NC(=O)[C@@H]2CC[C@H](CN)O2)cc1. The normalized spacial score (nSPS) is 21.9. The van der Waals surface area contributed by atoms with Gasteiger partial charge in [-0.1, -0.05) is 12.1 Å². The molecule has 0 unspecified atom stereocenters. The molecule has 1 heterocycles. The monoisotopic (exact) mass is 278 g/mol. The summed E-state index contributed by atoms with van der Waals surface area (Å²) in [5.74, 6) is -0.0986. The maximum atomic E-state index is 12.0. The zero-order chi connectivity index (χ0) is 14.4. The van der Waals surface area contributed by atoms with Gasteiger partial charge in [0.05, 0.1) is 12.7 Å². The highest BCUT2D eigenvalue weighted by atomic mass is 16.5. The Hall–Kier alpha value is -1.43. The van der Waals surface area contributed by atoms with Crippen LogP contribution in [0.2, 0.25) is 0 Å². The van der Waals surface area contributed by atoms with E-state index in [1.165, 1.54) is 0 Å². The summed E-state index contributed by atoms with van der Waals surface area (Å²) >= 11 is 0. The van der Waals surface area contributed by atoms with Gasteiger partial charge in [-0.05, 0) is 37.5 Å². The van der Waals surface area contributed by atoms with E-state index in [9.17, 15) is 4.79 Å². The minimum Gasteiger partial charge on any atom is -0.377 e. The zero-order valence-corrected chi connectivity index (χ0v) is 11.8. The van der Waals surface area contributed by atoms with Crippen LogP contribution in [0.1, 0.15) is 25.3 Å². The third kappa shape index (κ3) is 4.03. The Morgan fingerprint density at radius 3 is 2.75 bits per heavy atom. The number of benzene rings is 1. The number of nitrogens with two attached hydrogens (primary N) is 1. The zero-order valence-electron chi connectivity index (χ0n) is 11.8. The molecular weight excluding hydrogens is 256 g/mol. The van der Waals surface area contributed by atoms with Crippen molar-refractivity contribution in [1.29, 1.82) is 0 Å². The average molecular weight is 278 g/mol. The second kappa shape index (κ2) is 7.38. The van der Waals surface area contributed by atoms with E-state index in [1.807, 2.05) is 31.2 Å². The smallest absolute Gasteiger partial charge is 0.253 e. The molecule has 0 radical (unpaired) electrons. The fourth-order valence-electron chi connectivity index (χ4n) is 2.20. The minimum atomic E-state index is -0.383.